The van der Waals surface area contributed by atoms with Crippen molar-refractivity contribution < 1.29 is 9.53 Å². The number of anilines is 2. The highest BCUT2D eigenvalue weighted by molar-refractivity contribution is 5.86. The molecule has 1 heterocycles. The molecule has 1 aromatic carbocycles. The van der Waals surface area contributed by atoms with Gasteiger partial charge >= 0.3 is 0 Å². The fourth-order valence-corrected chi connectivity index (χ4v) is 2.65. The molecule has 2 N–H and O–H groups in total. The van der Waals surface area contributed by atoms with Crippen molar-refractivity contribution in [2.75, 3.05) is 37.9 Å². The minimum atomic E-state index is -0.0960. The molecule has 1 unspecified atom stereocenters. The summed E-state index contributed by atoms with van der Waals surface area (Å²) in [7, 11) is 3.59. The topological polar surface area (TPSA) is 58.8 Å². The third kappa shape index (κ3) is 2.98. The molecule has 0 aliphatic carbocycles. The van der Waals surface area contributed by atoms with E-state index in [4.69, 9.17) is 10.5 Å². The van der Waals surface area contributed by atoms with Crippen molar-refractivity contribution in [2.45, 2.75) is 25.8 Å². The van der Waals surface area contributed by atoms with Gasteiger partial charge in [0.25, 0.3) is 0 Å². The maximum atomic E-state index is 12.2. The number of benzene rings is 1. The molecule has 1 saturated heterocycles. The van der Waals surface area contributed by atoms with Crippen molar-refractivity contribution >= 4 is 17.3 Å². The first-order valence-corrected chi connectivity index (χ1v) is 7.04. The summed E-state index contributed by atoms with van der Waals surface area (Å²) in [5.41, 5.74) is 7.56. The molecule has 5 heteroatoms. The maximum Gasteiger partial charge on any atom is 0.244 e. The van der Waals surface area contributed by atoms with Crippen LogP contribution < -0.4 is 15.4 Å². The van der Waals surface area contributed by atoms with E-state index >= 15 is 0 Å². The number of nitrogens with two attached hydrogens (primary N) is 1. The largest absolute Gasteiger partial charge is 0.494 e. The van der Waals surface area contributed by atoms with Crippen molar-refractivity contribution in [3.63, 3.8) is 0 Å². The lowest BCUT2D eigenvalue weighted by atomic mass is 10.1. The SMILES string of the molecule is CCOc1cc(N)cc(N2CCCC2C(=O)N(C)C)c1. The zero-order chi connectivity index (χ0) is 14.7. The highest BCUT2D eigenvalue weighted by Crippen LogP contribution is 2.31. The van der Waals surface area contributed by atoms with Gasteiger partial charge < -0.3 is 20.3 Å². The molecule has 0 radical (unpaired) electrons. The van der Waals surface area contributed by atoms with Gasteiger partial charge in [-0.05, 0) is 25.8 Å². The summed E-state index contributed by atoms with van der Waals surface area (Å²) in [5, 5.41) is 0. The van der Waals surface area contributed by atoms with Gasteiger partial charge in [0.2, 0.25) is 5.91 Å². The Morgan fingerprint density at radius 1 is 1.45 bits per heavy atom. The van der Waals surface area contributed by atoms with Crippen molar-refractivity contribution in [1.82, 2.24) is 4.90 Å². The lowest BCUT2D eigenvalue weighted by Gasteiger charge is -2.28. The predicted octanol–water partition coefficient (Wildman–Crippen LogP) is 1.72. The average Bonchev–Trinajstić information content (AvgIpc) is 2.86. The summed E-state index contributed by atoms with van der Waals surface area (Å²) < 4.78 is 5.53. The van der Waals surface area contributed by atoms with E-state index in [-0.39, 0.29) is 11.9 Å². The van der Waals surface area contributed by atoms with E-state index in [1.807, 2.05) is 25.1 Å². The Bertz CT molecular complexity index is 488. The molecule has 0 aromatic heterocycles. The van der Waals surface area contributed by atoms with Crippen molar-refractivity contribution in [1.29, 1.82) is 0 Å². The van der Waals surface area contributed by atoms with Crippen LogP contribution in [0.15, 0.2) is 18.2 Å². The first kappa shape index (κ1) is 14.5. The standard InChI is InChI=1S/C15H23N3O2/c1-4-20-13-9-11(16)8-12(10-13)18-7-5-6-14(18)15(19)17(2)3/h8-10,14H,4-7,16H2,1-3H3. The third-order valence-electron chi connectivity index (χ3n) is 3.53. The van der Waals surface area contributed by atoms with Crippen LogP contribution in [0.25, 0.3) is 0 Å². The Morgan fingerprint density at radius 3 is 2.85 bits per heavy atom. The van der Waals surface area contributed by atoms with E-state index in [0.29, 0.717) is 12.3 Å². The second-order valence-corrected chi connectivity index (χ2v) is 5.28. The Balaban J connectivity index is 2.27. The lowest BCUT2D eigenvalue weighted by Crippen LogP contribution is -2.42. The number of carbonyl (C=O) groups is 1. The molecule has 0 saturated carbocycles. The smallest absolute Gasteiger partial charge is 0.244 e. The molecule has 110 valence electrons. The second-order valence-electron chi connectivity index (χ2n) is 5.28. The van der Waals surface area contributed by atoms with Gasteiger partial charge in [0.1, 0.15) is 11.8 Å². The number of rotatable bonds is 4. The van der Waals surface area contributed by atoms with Gasteiger partial charge in [-0.2, -0.15) is 0 Å². The van der Waals surface area contributed by atoms with Crippen LogP contribution in [0.2, 0.25) is 0 Å². The number of ether oxygens (including phenoxy) is 1. The van der Waals surface area contributed by atoms with Crippen LogP contribution in [-0.4, -0.2) is 44.1 Å². The number of nitrogens with zero attached hydrogens (tertiary/aromatic N) is 2. The Labute approximate surface area is 120 Å². The van der Waals surface area contributed by atoms with E-state index in [1.165, 1.54) is 0 Å². The normalized spacial score (nSPS) is 18.1. The quantitative estimate of drug-likeness (QED) is 0.851. The zero-order valence-corrected chi connectivity index (χ0v) is 12.4. The van der Waals surface area contributed by atoms with Crippen molar-refractivity contribution in [3.8, 4) is 5.75 Å². The molecule has 20 heavy (non-hydrogen) atoms. The monoisotopic (exact) mass is 277 g/mol. The van der Waals surface area contributed by atoms with Gasteiger partial charge in [-0.25, -0.2) is 0 Å². The van der Waals surface area contributed by atoms with E-state index in [1.54, 1.807) is 19.0 Å². The predicted molar refractivity (Wildman–Crippen MR) is 81.1 cm³/mol. The second kappa shape index (κ2) is 6.03. The summed E-state index contributed by atoms with van der Waals surface area (Å²) in [6.45, 7) is 3.42. The van der Waals surface area contributed by atoms with Crippen LogP contribution >= 0.6 is 0 Å². The minimum absolute atomic E-state index is 0.0960. The number of hydrogen-bond acceptors (Lipinski definition) is 4. The zero-order valence-electron chi connectivity index (χ0n) is 12.4. The highest BCUT2D eigenvalue weighted by atomic mass is 16.5. The molecular formula is C15H23N3O2. The van der Waals surface area contributed by atoms with Crippen molar-refractivity contribution in [3.05, 3.63) is 18.2 Å². The first-order valence-electron chi connectivity index (χ1n) is 7.04. The van der Waals surface area contributed by atoms with E-state index in [0.717, 1.165) is 30.8 Å². The summed E-state index contributed by atoms with van der Waals surface area (Å²) in [5.74, 6) is 0.897. The Kier molecular flexibility index (Phi) is 4.37. The molecule has 1 fully saturated rings. The fourth-order valence-electron chi connectivity index (χ4n) is 2.65. The van der Waals surface area contributed by atoms with Gasteiger partial charge in [0.15, 0.2) is 0 Å². The molecule has 1 aliphatic heterocycles. The molecule has 0 bridgehead atoms. The third-order valence-corrected chi connectivity index (χ3v) is 3.53. The number of amides is 1. The highest BCUT2D eigenvalue weighted by Gasteiger charge is 2.32. The summed E-state index contributed by atoms with van der Waals surface area (Å²) >= 11 is 0. The Morgan fingerprint density at radius 2 is 2.20 bits per heavy atom. The van der Waals surface area contributed by atoms with Crippen LogP contribution in [0.5, 0.6) is 5.75 Å². The van der Waals surface area contributed by atoms with Crippen LogP contribution in [0.3, 0.4) is 0 Å². The molecular weight excluding hydrogens is 254 g/mol. The van der Waals surface area contributed by atoms with Gasteiger partial charge in [-0.3, -0.25) is 4.79 Å². The number of hydrogen-bond donors (Lipinski definition) is 1. The number of carbonyl (C=O) groups excluding carboxylic acids is 1. The lowest BCUT2D eigenvalue weighted by molar-refractivity contribution is -0.129. The average molecular weight is 277 g/mol. The van der Waals surface area contributed by atoms with Gasteiger partial charge in [0, 0.05) is 44.1 Å². The maximum absolute atomic E-state index is 12.2. The molecule has 5 nitrogen and oxygen atoms in total. The number of likely N-dealkylation sites (N-methyl/N-ethyl adjacent to an activating group) is 1. The van der Waals surface area contributed by atoms with E-state index in [2.05, 4.69) is 4.90 Å². The Hall–Kier alpha value is -1.91. The van der Waals surface area contributed by atoms with Crippen LogP contribution in [0, 0.1) is 0 Å². The molecule has 1 aliphatic rings. The summed E-state index contributed by atoms with van der Waals surface area (Å²) in [6, 6.07) is 5.58. The summed E-state index contributed by atoms with van der Waals surface area (Å²) in [6.07, 6.45) is 1.90. The summed E-state index contributed by atoms with van der Waals surface area (Å²) in [4.78, 5) is 16.0. The van der Waals surface area contributed by atoms with Crippen molar-refractivity contribution in [2.24, 2.45) is 0 Å². The number of nitrogen functional groups attached to an aromatic ring is 1. The molecule has 2 rings (SSSR count). The van der Waals surface area contributed by atoms with Gasteiger partial charge in [0.05, 0.1) is 6.61 Å². The molecule has 0 spiro atoms. The van der Waals surface area contributed by atoms with Gasteiger partial charge in [-0.15, -0.1) is 0 Å². The molecule has 1 atom stereocenters. The molecule has 1 aromatic rings. The van der Waals surface area contributed by atoms with Crippen LogP contribution in [-0.2, 0) is 4.79 Å². The first-order chi connectivity index (χ1) is 9.52. The van der Waals surface area contributed by atoms with Crippen LogP contribution in [0.1, 0.15) is 19.8 Å². The van der Waals surface area contributed by atoms with Crippen LogP contribution in [0.4, 0.5) is 11.4 Å². The van der Waals surface area contributed by atoms with Gasteiger partial charge in [-0.1, -0.05) is 0 Å². The minimum Gasteiger partial charge on any atom is -0.494 e. The van der Waals surface area contributed by atoms with E-state index < -0.39 is 0 Å². The van der Waals surface area contributed by atoms with E-state index in [9.17, 15) is 4.79 Å². The molecule has 1 amide bonds. The fraction of sp³-hybridized carbons (Fsp3) is 0.533.